The van der Waals surface area contributed by atoms with E-state index in [4.69, 9.17) is 12.3 Å². The van der Waals surface area contributed by atoms with Gasteiger partial charge in [0, 0.05) is 12.3 Å². The van der Waals surface area contributed by atoms with E-state index in [0.717, 1.165) is 5.56 Å². The van der Waals surface area contributed by atoms with E-state index in [2.05, 4.69) is 0 Å². The van der Waals surface area contributed by atoms with Crippen molar-refractivity contribution in [2.45, 2.75) is 26.3 Å². The van der Waals surface area contributed by atoms with Gasteiger partial charge in [0.15, 0.2) is 0 Å². The van der Waals surface area contributed by atoms with Crippen LogP contribution in [0.25, 0.3) is 0 Å². The minimum atomic E-state index is -4.80. The molecule has 1 aromatic carbocycles. The van der Waals surface area contributed by atoms with Gasteiger partial charge in [0.05, 0.1) is 8.07 Å². The smallest absolute Gasteiger partial charge is 0.0656 e. The number of benzene rings is 1. The van der Waals surface area contributed by atoms with Gasteiger partial charge in [-0.15, -0.1) is 0 Å². The average molecular weight is 173 g/mol. The van der Waals surface area contributed by atoms with E-state index < -0.39 is 27.5 Å². The summed E-state index contributed by atoms with van der Waals surface area (Å²) in [7, 11) is -4.80. The van der Waals surface area contributed by atoms with E-state index in [-0.39, 0.29) is 5.19 Å². The van der Waals surface area contributed by atoms with Gasteiger partial charge < -0.3 is 0 Å². The highest BCUT2D eigenvalue weighted by atomic mass is 28.3. The third-order valence-corrected chi connectivity index (χ3v) is 2.68. The highest BCUT2D eigenvalue weighted by Crippen LogP contribution is 2.03. The second kappa shape index (κ2) is 2.82. The van der Waals surface area contributed by atoms with Crippen LogP contribution < -0.4 is 5.19 Å². The first-order valence-corrected chi connectivity index (χ1v) is 5.32. The van der Waals surface area contributed by atoms with Gasteiger partial charge in [-0.3, -0.25) is 0 Å². The monoisotopic (exact) mass is 173 g/mol. The standard InChI is InChI=1S/C10H16Si/c1-9-5-7-10(8-6-9)11(2,3)4/h5-8H,1-4H3/i2D3,3D3,4D3. The molecule has 0 fully saturated rings. The molecule has 0 unspecified atom stereocenters. The highest BCUT2D eigenvalue weighted by molar-refractivity contribution is 6.88. The van der Waals surface area contributed by atoms with E-state index in [0.29, 0.717) is 0 Å². The van der Waals surface area contributed by atoms with Crippen LogP contribution >= 0.6 is 0 Å². The van der Waals surface area contributed by atoms with Crippen molar-refractivity contribution in [3.8, 4) is 0 Å². The van der Waals surface area contributed by atoms with E-state index in [9.17, 15) is 0 Å². The lowest BCUT2D eigenvalue weighted by Gasteiger charge is -2.16. The van der Waals surface area contributed by atoms with Crippen LogP contribution in [0.1, 0.15) is 17.9 Å². The number of rotatable bonds is 1. The first-order valence-electron chi connectivity index (χ1n) is 7.82. The lowest BCUT2D eigenvalue weighted by molar-refractivity contribution is 1.48. The van der Waals surface area contributed by atoms with Crippen molar-refractivity contribution in [3.05, 3.63) is 29.8 Å². The summed E-state index contributed by atoms with van der Waals surface area (Å²) in [6.45, 7) is -7.41. The Labute approximate surface area is 82.9 Å². The van der Waals surface area contributed by atoms with Crippen molar-refractivity contribution in [2.75, 3.05) is 0 Å². The Morgan fingerprint density at radius 1 is 1.09 bits per heavy atom. The van der Waals surface area contributed by atoms with Crippen LogP contribution in [0.15, 0.2) is 24.3 Å². The molecule has 0 radical (unpaired) electrons. The summed E-state index contributed by atoms with van der Waals surface area (Å²) < 4.78 is 68.5. The summed E-state index contributed by atoms with van der Waals surface area (Å²) in [6.07, 6.45) is 0. The summed E-state index contributed by atoms with van der Waals surface area (Å²) in [6, 6.07) is 5.74. The Hall–Kier alpha value is -0.563. The van der Waals surface area contributed by atoms with Gasteiger partial charge in [0.2, 0.25) is 0 Å². The Morgan fingerprint density at radius 2 is 1.64 bits per heavy atom. The predicted molar refractivity (Wildman–Crippen MR) is 54.2 cm³/mol. The van der Waals surface area contributed by atoms with Crippen LogP contribution in [-0.4, -0.2) is 8.07 Å². The molecular weight excluding hydrogens is 148 g/mol. The number of hydrogen-bond acceptors (Lipinski definition) is 0. The van der Waals surface area contributed by atoms with Crippen molar-refractivity contribution < 1.29 is 12.3 Å². The molecule has 1 heteroatoms. The van der Waals surface area contributed by atoms with Gasteiger partial charge in [0.25, 0.3) is 0 Å². The molecule has 11 heavy (non-hydrogen) atoms. The van der Waals surface area contributed by atoms with Crippen LogP contribution in [-0.2, 0) is 0 Å². The quantitative estimate of drug-likeness (QED) is 0.573. The first kappa shape index (κ1) is 2.46. The molecule has 0 atom stereocenters. The highest BCUT2D eigenvalue weighted by Gasteiger charge is 2.14. The molecule has 0 N–H and O–H groups in total. The molecule has 0 spiro atoms. The maximum absolute atomic E-state index is 7.61. The fourth-order valence-corrected chi connectivity index (χ4v) is 1.47. The topological polar surface area (TPSA) is 0 Å². The molecule has 60 valence electrons. The molecule has 0 amide bonds. The Balaban J connectivity index is 3.77. The van der Waals surface area contributed by atoms with Crippen LogP contribution in [0.4, 0.5) is 0 Å². The maximum atomic E-state index is 7.61. The van der Waals surface area contributed by atoms with E-state index in [1.54, 1.807) is 19.1 Å². The fraction of sp³-hybridized carbons (Fsp3) is 0.400. The normalized spacial score (nSPS) is 27.2. The van der Waals surface area contributed by atoms with Gasteiger partial charge >= 0.3 is 0 Å². The maximum Gasteiger partial charge on any atom is 0.0775 e. The third kappa shape index (κ3) is 2.19. The molecule has 0 bridgehead atoms. The lowest BCUT2D eigenvalue weighted by atomic mass is 10.2. The van der Waals surface area contributed by atoms with Gasteiger partial charge in [-0.25, -0.2) is 0 Å². The zero-order valence-corrected chi connectivity index (χ0v) is 7.31. The Kier molecular flexibility index (Phi) is 0.630. The number of aryl methyl sites for hydroxylation is 1. The van der Waals surface area contributed by atoms with Gasteiger partial charge in [-0.05, 0) is 6.92 Å². The van der Waals surface area contributed by atoms with Crippen LogP contribution in [0.2, 0.25) is 19.4 Å². The van der Waals surface area contributed by atoms with Gasteiger partial charge in [-0.1, -0.05) is 54.4 Å². The zero-order chi connectivity index (χ0) is 16.0. The fourth-order valence-electron chi connectivity index (χ4n) is 0.804. The molecule has 0 aromatic heterocycles. The molecule has 0 saturated heterocycles. The summed E-state index contributed by atoms with van der Waals surface area (Å²) in [5.74, 6) is 0. The minimum absolute atomic E-state index is 0.0805. The van der Waals surface area contributed by atoms with Crippen molar-refractivity contribution in [1.29, 1.82) is 0 Å². The second-order valence-corrected chi connectivity index (χ2v) is 4.69. The molecule has 1 aromatic rings. The van der Waals surface area contributed by atoms with Gasteiger partial charge in [-0.2, -0.15) is 0 Å². The lowest BCUT2D eigenvalue weighted by Crippen LogP contribution is -2.37. The molecule has 0 aliphatic rings. The van der Waals surface area contributed by atoms with Crippen LogP contribution in [0, 0.1) is 6.92 Å². The van der Waals surface area contributed by atoms with Crippen molar-refractivity contribution in [3.63, 3.8) is 0 Å². The van der Waals surface area contributed by atoms with Crippen LogP contribution in [0.3, 0.4) is 0 Å². The first-order chi connectivity index (χ1) is 8.75. The van der Waals surface area contributed by atoms with E-state index in [1.165, 1.54) is 12.1 Å². The molecule has 1 rings (SSSR count). The number of hydrogen-bond donors (Lipinski definition) is 0. The Morgan fingerprint density at radius 3 is 2.09 bits per heavy atom. The molecule has 0 aliphatic heterocycles. The third-order valence-electron chi connectivity index (χ3n) is 1.48. The van der Waals surface area contributed by atoms with Gasteiger partial charge in [0.1, 0.15) is 0 Å². The Bertz CT molecular complexity index is 429. The predicted octanol–water partition coefficient (Wildman–Crippen LogP) is 2.54. The largest absolute Gasteiger partial charge is 0.0775 e. The average Bonchev–Trinajstić information content (AvgIpc) is 2.14. The van der Waals surface area contributed by atoms with E-state index in [1.807, 2.05) is 0 Å². The van der Waals surface area contributed by atoms with Crippen molar-refractivity contribution >= 4 is 13.3 Å². The molecule has 0 heterocycles. The summed E-state index contributed by atoms with van der Waals surface area (Å²) in [5, 5.41) is -0.0805. The van der Waals surface area contributed by atoms with E-state index >= 15 is 0 Å². The summed E-state index contributed by atoms with van der Waals surface area (Å²) in [5.41, 5.74) is 0.804. The minimum Gasteiger partial charge on any atom is -0.0656 e. The SMILES string of the molecule is [2H]C([2H])([2H])[Si](c1ccc(C)cc1)(C([2H])([2H])[2H])C([2H])([2H])[2H]. The molecular formula is C10H16Si. The zero-order valence-electron chi connectivity index (χ0n) is 15.3. The summed E-state index contributed by atoms with van der Waals surface area (Å²) in [4.78, 5) is 0. The van der Waals surface area contributed by atoms with Crippen molar-refractivity contribution in [2.24, 2.45) is 0 Å². The van der Waals surface area contributed by atoms with Crippen LogP contribution in [0.5, 0.6) is 0 Å². The summed E-state index contributed by atoms with van der Waals surface area (Å²) >= 11 is 0. The second-order valence-electron chi connectivity index (χ2n) is 2.62. The van der Waals surface area contributed by atoms with Crippen molar-refractivity contribution in [1.82, 2.24) is 0 Å². The molecule has 0 nitrogen and oxygen atoms in total. The molecule has 0 aliphatic carbocycles. The molecule has 0 saturated carbocycles.